The molecule has 0 unspecified atom stereocenters. The molecular formula is C10H22GeN2Te. The molecule has 4 heteroatoms. The standard InChI is InChI=1S/C10H22GeN2.Te/c1-9(2,3)12-7-8-13(11-12)10(4,5)6;/h7-8H2,1-6H3;. The Morgan fingerprint density at radius 3 is 1.21 bits per heavy atom. The number of nitrogens with zero attached hydrogens (tertiary/aromatic N) is 2. The number of rotatable bonds is 0. The van der Waals surface area contributed by atoms with Crippen molar-refractivity contribution in [3.8, 4) is 0 Å². The van der Waals surface area contributed by atoms with Gasteiger partial charge >= 0.3 is 89.3 Å². The molecule has 0 spiro atoms. The molecule has 1 aliphatic heterocycles. The molecule has 82 valence electrons. The summed E-state index contributed by atoms with van der Waals surface area (Å²) in [5, 5.41) is 0. The van der Waals surface area contributed by atoms with Crippen LogP contribution in [0.4, 0.5) is 0 Å². The quantitative estimate of drug-likeness (QED) is 0.594. The van der Waals surface area contributed by atoms with E-state index in [1.54, 1.807) is 0 Å². The van der Waals surface area contributed by atoms with E-state index in [1.807, 2.05) is 0 Å². The summed E-state index contributed by atoms with van der Waals surface area (Å²) in [5.74, 6) is 0. The summed E-state index contributed by atoms with van der Waals surface area (Å²) < 4.78 is 5.33. The Labute approximate surface area is 112 Å². The molecule has 0 aliphatic carbocycles. The van der Waals surface area contributed by atoms with Gasteiger partial charge in [-0.15, -0.1) is 0 Å². The summed E-state index contributed by atoms with van der Waals surface area (Å²) in [5.41, 5.74) is 0.750. The maximum Gasteiger partial charge on any atom is 0 e. The van der Waals surface area contributed by atoms with Gasteiger partial charge in [0, 0.05) is 23.7 Å². The molecule has 1 aliphatic rings. The average molecular weight is 371 g/mol. The van der Waals surface area contributed by atoms with Gasteiger partial charge in [-0.3, -0.25) is 0 Å². The van der Waals surface area contributed by atoms with Crippen LogP contribution in [0.15, 0.2) is 0 Å². The Balaban J connectivity index is 0.00000169. The normalized spacial score (nSPS) is 21.0. The zero-order valence-corrected chi connectivity index (χ0v) is 14.6. The summed E-state index contributed by atoms with van der Waals surface area (Å²) in [4.78, 5) is 0. The first-order chi connectivity index (χ1) is 5.71. The first kappa shape index (κ1) is 15.3. The molecule has 4 radical (unpaired) electrons. The predicted molar refractivity (Wildman–Crippen MR) is 64.4 cm³/mol. The maximum atomic E-state index is 2.66. The zero-order chi connectivity index (χ0) is 10.3. The van der Waals surface area contributed by atoms with Crippen molar-refractivity contribution in [2.24, 2.45) is 0 Å². The fourth-order valence-electron chi connectivity index (χ4n) is 1.42. The minimum absolute atomic E-state index is 0. The van der Waals surface area contributed by atoms with Crippen LogP contribution in [0, 0.1) is 0 Å². The summed E-state index contributed by atoms with van der Waals surface area (Å²) in [6.07, 6.45) is 0. The zero-order valence-electron chi connectivity index (χ0n) is 10.2. The Hall–Kier alpha value is 1.25. The van der Waals surface area contributed by atoms with Crippen LogP contribution in [-0.4, -0.2) is 71.4 Å². The second-order valence-electron chi connectivity index (χ2n) is 5.74. The van der Waals surface area contributed by atoms with Gasteiger partial charge in [0.2, 0.25) is 0 Å². The van der Waals surface area contributed by atoms with Crippen LogP contribution in [0.2, 0.25) is 0 Å². The van der Waals surface area contributed by atoms with Gasteiger partial charge in [-0.1, -0.05) is 0 Å². The molecule has 0 aromatic carbocycles. The van der Waals surface area contributed by atoms with Crippen molar-refractivity contribution < 1.29 is 0 Å². The summed E-state index contributed by atoms with van der Waals surface area (Å²) >= 11 is -0.0417. The van der Waals surface area contributed by atoms with Crippen LogP contribution < -0.4 is 0 Å². The van der Waals surface area contributed by atoms with Gasteiger partial charge in [-0.05, 0) is 0 Å². The number of hydrogen-bond donors (Lipinski definition) is 0. The molecule has 0 aromatic heterocycles. The van der Waals surface area contributed by atoms with Crippen LogP contribution in [0.3, 0.4) is 0 Å². The summed E-state index contributed by atoms with van der Waals surface area (Å²) in [7, 11) is 0. The molecule has 1 fully saturated rings. The molecule has 1 saturated heterocycles. The first-order valence-corrected chi connectivity index (χ1v) is 6.90. The maximum absolute atomic E-state index is 2.66. The van der Waals surface area contributed by atoms with Crippen LogP contribution in [-0.2, 0) is 0 Å². The van der Waals surface area contributed by atoms with E-state index in [9.17, 15) is 0 Å². The van der Waals surface area contributed by atoms with E-state index < -0.39 is 0 Å². The van der Waals surface area contributed by atoms with Gasteiger partial charge < -0.3 is 0 Å². The molecule has 2 nitrogen and oxygen atoms in total. The molecule has 14 heavy (non-hydrogen) atoms. The van der Waals surface area contributed by atoms with E-state index in [2.05, 4.69) is 49.3 Å². The third kappa shape index (κ3) is 4.02. The van der Waals surface area contributed by atoms with Crippen molar-refractivity contribution in [1.82, 2.24) is 7.71 Å². The second-order valence-corrected chi connectivity index (χ2v) is 8.43. The van der Waals surface area contributed by atoms with Gasteiger partial charge in [0.1, 0.15) is 0 Å². The monoisotopic (exact) mass is 374 g/mol. The molecule has 0 bridgehead atoms. The van der Waals surface area contributed by atoms with E-state index in [0.29, 0.717) is 11.1 Å². The minimum Gasteiger partial charge on any atom is 0 e. The van der Waals surface area contributed by atoms with E-state index >= 15 is 0 Å². The fourth-order valence-corrected chi connectivity index (χ4v) is 4.13. The van der Waals surface area contributed by atoms with E-state index in [1.165, 1.54) is 13.1 Å². The first-order valence-electron chi connectivity index (χ1n) is 5.03. The second kappa shape index (κ2) is 5.06. The predicted octanol–water partition coefficient (Wildman–Crippen LogP) is 1.35. The Bertz CT molecular complexity index is 164. The Kier molecular flexibility index (Phi) is 5.51. The Morgan fingerprint density at radius 2 is 1.07 bits per heavy atom. The van der Waals surface area contributed by atoms with E-state index in [-0.39, 0.29) is 39.5 Å². The topological polar surface area (TPSA) is 6.48 Å². The third-order valence-corrected chi connectivity index (χ3v) is 7.17. The fraction of sp³-hybridized carbons (Fsp3) is 1.00. The van der Waals surface area contributed by atoms with Crippen LogP contribution in [0.5, 0.6) is 0 Å². The largest absolute Gasteiger partial charge is 0 e. The van der Waals surface area contributed by atoms with Crippen LogP contribution in [0.1, 0.15) is 41.5 Å². The van der Waals surface area contributed by atoms with Gasteiger partial charge in [0.15, 0.2) is 0 Å². The van der Waals surface area contributed by atoms with Gasteiger partial charge in [-0.2, -0.15) is 0 Å². The van der Waals surface area contributed by atoms with Gasteiger partial charge in [0.25, 0.3) is 0 Å². The van der Waals surface area contributed by atoms with Crippen molar-refractivity contribution in [2.75, 3.05) is 13.1 Å². The van der Waals surface area contributed by atoms with Crippen molar-refractivity contribution in [2.45, 2.75) is 52.6 Å². The minimum atomic E-state index is -0.0417. The molecule has 0 saturated carbocycles. The molecule has 0 amide bonds. The van der Waals surface area contributed by atoms with Crippen molar-refractivity contribution in [3.05, 3.63) is 0 Å². The van der Waals surface area contributed by atoms with Crippen molar-refractivity contribution in [1.29, 1.82) is 0 Å². The smallest absolute Gasteiger partial charge is 0 e. The third-order valence-electron chi connectivity index (χ3n) is 2.41. The molecule has 0 aromatic rings. The van der Waals surface area contributed by atoms with Gasteiger partial charge in [-0.25, -0.2) is 0 Å². The average Bonchev–Trinajstić information content (AvgIpc) is 2.28. The molecule has 1 rings (SSSR count). The molecule has 0 atom stereocenters. The summed E-state index contributed by atoms with van der Waals surface area (Å²) in [6, 6.07) is 0. The summed E-state index contributed by atoms with van der Waals surface area (Å²) in [6.45, 7) is 16.5. The number of hydrogen-bond acceptors (Lipinski definition) is 2. The molecule has 0 N–H and O–H groups in total. The van der Waals surface area contributed by atoms with Crippen LogP contribution in [0.25, 0.3) is 0 Å². The van der Waals surface area contributed by atoms with Crippen molar-refractivity contribution in [3.63, 3.8) is 0 Å². The molecule has 1 heterocycles. The molecular weight excluding hydrogens is 348 g/mol. The van der Waals surface area contributed by atoms with Crippen molar-refractivity contribution >= 4 is 39.5 Å². The van der Waals surface area contributed by atoms with Gasteiger partial charge in [0.05, 0.1) is 0 Å². The SMILES string of the molecule is CC(C)(C)[N]1CC[N](C(C)(C)C)[Ge]1.[Te]. The Morgan fingerprint density at radius 1 is 0.786 bits per heavy atom. The van der Waals surface area contributed by atoms with E-state index in [4.69, 9.17) is 0 Å². The van der Waals surface area contributed by atoms with Crippen LogP contribution >= 0.6 is 0 Å². The van der Waals surface area contributed by atoms with E-state index in [0.717, 1.165) is 0 Å².